The normalized spacial score (nSPS) is 11.9. The minimum atomic E-state index is -4.45. The molecule has 134 valence electrons. The Morgan fingerprint density at radius 3 is 2.12 bits per heavy atom. The molecule has 0 aliphatic rings. The minimum absolute atomic E-state index is 0.0144. The first-order valence-electron chi connectivity index (χ1n) is 7.49. The third-order valence-corrected chi connectivity index (χ3v) is 5.15. The molecule has 0 amide bonds. The number of hydrogen-bond acceptors (Lipinski definition) is 5. The Morgan fingerprint density at radius 1 is 1.00 bits per heavy atom. The van der Waals surface area contributed by atoms with Crippen LogP contribution in [0.3, 0.4) is 0 Å². The van der Waals surface area contributed by atoms with Gasteiger partial charge in [-0.3, -0.25) is 4.55 Å². The van der Waals surface area contributed by atoms with Crippen molar-refractivity contribution in [3.8, 4) is 0 Å². The quantitative estimate of drug-likeness (QED) is 0.511. The van der Waals surface area contributed by atoms with E-state index >= 15 is 0 Å². The molecule has 0 bridgehead atoms. The fraction of sp³-hybridized carbons (Fsp3) is 0.250. The summed E-state index contributed by atoms with van der Waals surface area (Å²) < 4.78 is 31.5. The second-order valence-corrected chi connectivity index (χ2v) is 7.30. The van der Waals surface area contributed by atoms with Crippen LogP contribution in [0.4, 0.5) is 17.1 Å². The highest BCUT2D eigenvalue weighted by Crippen LogP contribution is 2.34. The van der Waals surface area contributed by atoms with E-state index in [0.717, 1.165) is 24.8 Å². The largest absolute Gasteiger partial charge is 0.372 e. The molecule has 0 aromatic heterocycles. The Hall–Kier alpha value is -1.67. The SMILES string of the molecule is CCN(CC)c1ccc(N=Nc2cc(Cl)c(S(=O)(=O)O)cc2Cl)cc1. The molecule has 25 heavy (non-hydrogen) atoms. The average Bonchev–Trinajstić information content (AvgIpc) is 2.56. The van der Waals surface area contributed by atoms with E-state index in [0.29, 0.717) is 5.69 Å². The number of nitrogens with zero attached hydrogens (tertiary/aromatic N) is 3. The second-order valence-electron chi connectivity index (χ2n) is 5.10. The summed E-state index contributed by atoms with van der Waals surface area (Å²) in [5, 5.41) is 7.90. The third kappa shape index (κ3) is 4.92. The zero-order valence-corrected chi connectivity index (χ0v) is 16.0. The molecule has 2 aromatic carbocycles. The molecule has 0 atom stereocenters. The smallest absolute Gasteiger partial charge is 0.296 e. The van der Waals surface area contributed by atoms with Gasteiger partial charge in [0.05, 0.1) is 15.7 Å². The molecule has 0 radical (unpaired) electrons. The first kappa shape index (κ1) is 19.7. The average molecular weight is 402 g/mol. The molecule has 0 unspecified atom stereocenters. The lowest BCUT2D eigenvalue weighted by Crippen LogP contribution is -2.21. The number of azo groups is 1. The molecule has 0 fully saturated rings. The van der Waals surface area contributed by atoms with Crippen molar-refractivity contribution in [2.45, 2.75) is 18.7 Å². The Bertz CT molecular complexity index is 880. The van der Waals surface area contributed by atoms with E-state index in [1.54, 1.807) is 0 Å². The molecule has 0 aliphatic carbocycles. The van der Waals surface area contributed by atoms with E-state index in [1.807, 2.05) is 24.3 Å². The zero-order chi connectivity index (χ0) is 18.6. The van der Waals surface area contributed by atoms with Gasteiger partial charge in [-0.25, -0.2) is 0 Å². The van der Waals surface area contributed by atoms with Gasteiger partial charge in [-0.15, -0.1) is 5.11 Å². The number of anilines is 1. The molecule has 2 rings (SSSR count). The molecule has 9 heteroatoms. The first-order chi connectivity index (χ1) is 11.8. The van der Waals surface area contributed by atoms with Crippen molar-refractivity contribution in [1.29, 1.82) is 0 Å². The van der Waals surface area contributed by atoms with Crippen LogP contribution in [0.2, 0.25) is 10.0 Å². The van der Waals surface area contributed by atoms with Gasteiger partial charge in [0.25, 0.3) is 10.1 Å². The summed E-state index contributed by atoms with van der Waals surface area (Å²) >= 11 is 11.8. The van der Waals surface area contributed by atoms with Crippen molar-refractivity contribution in [2.75, 3.05) is 18.0 Å². The monoisotopic (exact) mass is 401 g/mol. The van der Waals surface area contributed by atoms with Crippen LogP contribution >= 0.6 is 23.2 Å². The summed E-state index contributed by atoms with van der Waals surface area (Å²) in [7, 11) is -4.45. The third-order valence-electron chi connectivity index (χ3n) is 3.53. The summed E-state index contributed by atoms with van der Waals surface area (Å²) in [6.07, 6.45) is 0. The topological polar surface area (TPSA) is 82.3 Å². The van der Waals surface area contributed by atoms with Crippen molar-refractivity contribution >= 4 is 50.4 Å². The molecule has 0 aliphatic heterocycles. The zero-order valence-electron chi connectivity index (χ0n) is 13.6. The van der Waals surface area contributed by atoms with Crippen LogP contribution in [0, 0.1) is 0 Å². The van der Waals surface area contributed by atoms with Gasteiger partial charge >= 0.3 is 0 Å². The van der Waals surface area contributed by atoms with Gasteiger partial charge < -0.3 is 4.90 Å². The Kier molecular flexibility index (Phi) is 6.40. The highest BCUT2D eigenvalue weighted by Gasteiger charge is 2.17. The van der Waals surface area contributed by atoms with Gasteiger partial charge in [0.15, 0.2) is 0 Å². The van der Waals surface area contributed by atoms with Crippen LogP contribution in [0.15, 0.2) is 51.5 Å². The van der Waals surface area contributed by atoms with E-state index in [4.69, 9.17) is 27.8 Å². The van der Waals surface area contributed by atoms with Gasteiger partial charge in [-0.05, 0) is 50.2 Å². The molecule has 6 nitrogen and oxygen atoms in total. The van der Waals surface area contributed by atoms with E-state index in [1.165, 1.54) is 6.07 Å². The van der Waals surface area contributed by atoms with Crippen LogP contribution in [-0.2, 0) is 10.1 Å². The van der Waals surface area contributed by atoms with E-state index in [-0.39, 0.29) is 15.7 Å². The van der Waals surface area contributed by atoms with Gasteiger partial charge in [-0.2, -0.15) is 13.5 Å². The molecular formula is C16H17Cl2N3O3S. The number of hydrogen-bond donors (Lipinski definition) is 1. The van der Waals surface area contributed by atoms with Gasteiger partial charge in [0, 0.05) is 18.8 Å². The molecule has 0 spiro atoms. The summed E-state index contributed by atoms with van der Waals surface area (Å²) in [6, 6.07) is 9.80. The van der Waals surface area contributed by atoms with Crippen molar-refractivity contribution in [1.82, 2.24) is 0 Å². The molecule has 0 saturated carbocycles. The van der Waals surface area contributed by atoms with E-state index in [2.05, 4.69) is 29.0 Å². The highest BCUT2D eigenvalue weighted by atomic mass is 35.5. The van der Waals surface area contributed by atoms with Crippen LogP contribution in [0.5, 0.6) is 0 Å². The maximum absolute atomic E-state index is 11.2. The summed E-state index contributed by atoms with van der Waals surface area (Å²) in [4.78, 5) is 1.73. The lowest BCUT2D eigenvalue weighted by Gasteiger charge is -2.20. The molecule has 0 heterocycles. The lowest BCUT2D eigenvalue weighted by molar-refractivity contribution is 0.483. The standard InChI is InChI=1S/C16H17Cl2N3O3S/c1-3-21(4-2)12-7-5-11(6-8-12)19-20-15-9-14(18)16(10-13(15)17)25(22,23)24/h5-10H,3-4H2,1-2H3,(H,22,23,24). The maximum Gasteiger partial charge on any atom is 0.296 e. The van der Waals surface area contributed by atoms with Crippen molar-refractivity contribution in [3.05, 3.63) is 46.4 Å². The van der Waals surface area contributed by atoms with Crippen LogP contribution in [-0.4, -0.2) is 26.1 Å². The predicted molar refractivity (Wildman–Crippen MR) is 100 cm³/mol. The van der Waals surface area contributed by atoms with Gasteiger partial charge in [-0.1, -0.05) is 23.2 Å². The maximum atomic E-state index is 11.2. The molecule has 2 aromatic rings. The van der Waals surface area contributed by atoms with E-state index < -0.39 is 15.0 Å². The summed E-state index contributed by atoms with van der Waals surface area (Å²) in [5.41, 5.74) is 1.90. The minimum Gasteiger partial charge on any atom is -0.372 e. The summed E-state index contributed by atoms with van der Waals surface area (Å²) in [6.45, 7) is 5.98. The molecule has 1 N–H and O–H groups in total. The number of halogens is 2. The van der Waals surface area contributed by atoms with E-state index in [9.17, 15) is 8.42 Å². The second kappa shape index (κ2) is 8.14. The van der Waals surface area contributed by atoms with Crippen LogP contribution in [0.25, 0.3) is 0 Å². The highest BCUT2D eigenvalue weighted by molar-refractivity contribution is 7.86. The fourth-order valence-electron chi connectivity index (χ4n) is 2.22. The van der Waals surface area contributed by atoms with Crippen LogP contribution in [0.1, 0.15) is 13.8 Å². The first-order valence-corrected chi connectivity index (χ1v) is 9.69. The van der Waals surface area contributed by atoms with Gasteiger partial charge in [0.2, 0.25) is 0 Å². The Balaban J connectivity index is 2.26. The van der Waals surface area contributed by atoms with Crippen molar-refractivity contribution < 1.29 is 13.0 Å². The lowest BCUT2D eigenvalue weighted by atomic mass is 10.2. The fourth-order valence-corrected chi connectivity index (χ4v) is 3.51. The summed E-state index contributed by atoms with van der Waals surface area (Å²) in [5.74, 6) is 0. The number of rotatable bonds is 6. The number of benzene rings is 2. The Labute approximate surface area is 156 Å². The van der Waals surface area contributed by atoms with Gasteiger partial charge in [0.1, 0.15) is 10.6 Å². The predicted octanol–water partition coefficient (Wildman–Crippen LogP) is 5.50. The van der Waals surface area contributed by atoms with Crippen molar-refractivity contribution in [3.63, 3.8) is 0 Å². The van der Waals surface area contributed by atoms with Crippen molar-refractivity contribution in [2.24, 2.45) is 10.2 Å². The Morgan fingerprint density at radius 2 is 1.60 bits per heavy atom. The molecular weight excluding hydrogens is 385 g/mol. The molecule has 0 saturated heterocycles. The van der Waals surface area contributed by atoms with Crippen LogP contribution < -0.4 is 4.90 Å².